The smallest absolute Gasteiger partial charge is 0.133 e. The third kappa shape index (κ3) is 4.22. The van der Waals surface area contributed by atoms with Gasteiger partial charge in [-0.25, -0.2) is 0 Å². The van der Waals surface area contributed by atoms with E-state index in [0.29, 0.717) is 5.56 Å². The Hall–Kier alpha value is -6.31. The number of rotatable bonds is 4. The summed E-state index contributed by atoms with van der Waals surface area (Å²) < 4.78 is 8.93. The van der Waals surface area contributed by atoms with Crippen LogP contribution < -0.4 is 9.64 Å². The van der Waals surface area contributed by atoms with Crippen molar-refractivity contribution in [3.63, 3.8) is 0 Å². The molecule has 1 aliphatic rings. The van der Waals surface area contributed by atoms with Gasteiger partial charge in [-0.05, 0) is 83.6 Å². The summed E-state index contributed by atoms with van der Waals surface area (Å²) in [7, 11) is 0. The topological polar surface area (TPSA) is 41.2 Å². The first-order valence-electron chi connectivity index (χ1n) is 16.2. The number of ether oxygens (including phenoxy) is 1. The van der Waals surface area contributed by atoms with E-state index >= 15 is 0 Å². The van der Waals surface area contributed by atoms with Gasteiger partial charge < -0.3 is 14.2 Å². The zero-order chi connectivity index (χ0) is 32.4. The number of benzene rings is 7. The molecule has 0 unspecified atom stereocenters. The first-order chi connectivity index (χ1) is 23.5. The van der Waals surface area contributed by atoms with Gasteiger partial charge in [0.25, 0.3) is 0 Å². The van der Waals surface area contributed by atoms with Crippen LogP contribution in [-0.2, 0) is 5.41 Å². The van der Waals surface area contributed by atoms with Crippen molar-refractivity contribution in [2.75, 3.05) is 4.90 Å². The highest BCUT2D eigenvalue weighted by Gasteiger charge is 2.34. The third-order valence-corrected chi connectivity index (χ3v) is 9.84. The van der Waals surface area contributed by atoms with Crippen LogP contribution in [0.1, 0.15) is 30.5 Å². The number of anilines is 3. The molecule has 228 valence electrons. The molecule has 0 saturated heterocycles. The monoisotopic (exact) mass is 617 g/mol. The van der Waals surface area contributed by atoms with E-state index in [9.17, 15) is 5.26 Å². The lowest BCUT2D eigenvalue weighted by molar-refractivity contribution is 0.418. The van der Waals surface area contributed by atoms with Crippen LogP contribution in [0.4, 0.5) is 17.1 Å². The lowest BCUT2D eigenvalue weighted by Crippen LogP contribution is -2.24. The van der Waals surface area contributed by atoms with Crippen molar-refractivity contribution in [2.45, 2.75) is 19.3 Å². The van der Waals surface area contributed by atoms with E-state index in [1.165, 1.54) is 32.6 Å². The quantitative estimate of drug-likeness (QED) is 0.197. The fourth-order valence-electron chi connectivity index (χ4n) is 7.49. The summed E-state index contributed by atoms with van der Waals surface area (Å²) in [6, 6.07) is 55.3. The molecule has 4 heteroatoms. The average molecular weight is 618 g/mol. The molecule has 4 nitrogen and oxygen atoms in total. The predicted octanol–water partition coefficient (Wildman–Crippen LogP) is 11.7. The largest absolute Gasteiger partial charge is 0.457 e. The van der Waals surface area contributed by atoms with Gasteiger partial charge >= 0.3 is 0 Å². The summed E-state index contributed by atoms with van der Waals surface area (Å²) in [6.45, 7) is 4.51. The molecule has 0 fully saturated rings. The van der Waals surface area contributed by atoms with Crippen molar-refractivity contribution in [3.8, 4) is 23.3 Å². The van der Waals surface area contributed by atoms with Crippen molar-refractivity contribution in [3.05, 3.63) is 168 Å². The van der Waals surface area contributed by atoms with E-state index in [2.05, 4.69) is 145 Å². The van der Waals surface area contributed by atoms with Gasteiger partial charge in [0.1, 0.15) is 11.5 Å². The second-order valence-corrected chi connectivity index (χ2v) is 13.0. The number of nitrogens with zero attached hydrogens (tertiary/aromatic N) is 3. The first-order valence-corrected chi connectivity index (χ1v) is 16.2. The Bertz CT molecular complexity index is 2570. The molecule has 9 rings (SSSR count). The molecule has 0 bridgehead atoms. The van der Waals surface area contributed by atoms with E-state index in [-0.39, 0.29) is 5.41 Å². The Morgan fingerprint density at radius 2 is 1.25 bits per heavy atom. The van der Waals surface area contributed by atoms with Crippen molar-refractivity contribution in [1.82, 2.24) is 4.57 Å². The molecule has 0 radical (unpaired) electrons. The Morgan fingerprint density at radius 1 is 0.583 bits per heavy atom. The van der Waals surface area contributed by atoms with Crippen LogP contribution in [0.25, 0.3) is 38.3 Å². The predicted molar refractivity (Wildman–Crippen MR) is 196 cm³/mol. The summed E-state index contributed by atoms with van der Waals surface area (Å²) in [5.41, 5.74) is 9.13. The molecule has 48 heavy (non-hydrogen) atoms. The lowest BCUT2D eigenvalue weighted by atomic mass is 9.76. The number of hydrogen-bond acceptors (Lipinski definition) is 3. The third-order valence-electron chi connectivity index (χ3n) is 9.84. The first kappa shape index (κ1) is 28.0. The molecule has 0 saturated carbocycles. The highest BCUT2D eigenvalue weighted by molar-refractivity contribution is 6.22. The molecular weight excluding hydrogens is 587 g/mol. The van der Waals surface area contributed by atoms with Crippen LogP contribution in [0.3, 0.4) is 0 Å². The maximum absolute atomic E-state index is 9.58. The Kier molecular flexibility index (Phi) is 6.19. The molecular formula is C44H31N3O. The summed E-state index contributed by atoms with van der Waals surface area (Å²) in [5, 5.41) is 14.4. The molecule has 0 atom stereocenters. The van der Waals surface area contributed by atoms with Gasteiger partial charge in [0, 0.05) is 56.1 Å². The van der Waals surface area contributed by atoms with Gasteiger partial charge in [0.05, 0.1) is 22.7 Å². The molecule has 0 N–H and O–H groups in total. The Labute approximate surface area is 279 Å². The minimum absolute atomic E-state index is 0.207. The Morgan fingerprint density at radius 3 is 2.08 bits per heavy atom. The van der Waals surface area contributed by atoms with E-state index in [1.54, 1.807) is 0 Å². The van der Waals surface area contributed by atoms with Crippen LogP contribution >= 0.6 is 0 Å². The van der Waals surface area contributed by atoms with Gasteiger partial charge in [-0.15, -0.1) is 0 Å². The SMILES string of the molecule is CC1(C)c2ccccc2Oc2cc(N(c3ccc(C#N)cc3)c3ccc4c(c3)c3c5ccccc5ccc3n4-c3ccccc3)ccc21. The van der Waals surface area contributed by atoms with E-state index in [1.807, 2.05) is 36.4 Å². The summed E-state index contributed by atoms with van der Waals surface area (Å²) in [4.78, 5) is 2.26. The molecule has 0 aliphatic carbocycles. The van der Waals surface area contributed by atoms with Crippen molar-refractivity contribution < 1.29 is 4.74 Å². The molecule has 7 aromatic carbocycles. The van der Waals surface area contributed by atoms with Gasteiger partial charge in [-0.1, -0.05) is 86.6 Å². The average Bonchev–Trinajstić information content (AvgIpc) is 3.46. The van der Waals surface area contributed by atoms with Crippen LogP contribution in [-0.4, -0.2) is 4.57 Å². The maximum Gasteiger partial charge on any atom is 0.133 e. The van der Waals surface area contributed by atoms with Crippen LogP contribution in [0.15, 0.2) is 152 Å². The van der Waals surface area contributed by atoms with Crippen LogP contribution in [0.5, 0.6) is 11.5 Å². The van der Waals surface area contributed by atoms with Crippen molar-refractivity contribution >= 4 is 49.6 Å². The number of nitriles is 1. The maximum atomic E-state index is 9.58. The highest BCUT2D eigenvalue weighted by Crippen LogP contribution is 2.50. The van der Waals surface area contributed by atoms with Crippen molar-refractivity contribution in [1.29, 1.82) is 5.26 Å². The standard InChI is InChI=1S/C44H31N3O/c1-44(2)37-14-8-9-15-41(37)48-42-27-34(21-23-38(42)44)46(32-19-16-29(28-45)17-20-32)33-22-25-39-36(26-33)43-35-13-7-6-10-30(35)18-24-40(43)47(39)31-11-4-3-5-12-31/h3-27H,1-2H3. The molecule has 2 heterocycles. The fourth-order valence-corrected chi connectivity index (χ4v) is 7.49. The second kappa shape index (κ2) is 10.6. The number of aromatic nitrogens is 1. The van der Waals surface area contributed by atoms with E-state index in [0.717, 1.165) is 45.3 Å². The van der Waals surface area contributed by atoms with E-state index in [4.69, 9.17) is 4.74 Å². The summed E-state index contributed by atoms with van der Waals surface area (Å²) >= 11 is 0. The minimum atomic E-state index is -0.207. The van der Waals surface area contributed by atoms with E-state index < -0.39 is 0 Å². The highest BCUT2D eigenvalue weighted by atomic mass is 16.5. The second-order valence-electron chi connectivity index (χ2n) is 13.0. The molecule has 1 aliphatic heterocycles. The van der Waals surface area contributed by atoms with Crippen LogP contribution in [0.2, 0.25) is 0 Å². The number of hydrogen-bond donors (Lipinski definition) is 0. The number of para-hydroxylation sites is 2. The van der Waals surface area contributed by atoms with Crippen molar-refractivity contribution in [2.24, 2.45) is 0 Å². The molecule has 0 spiro atoms. The molecule has 0 amide bonds. The van der Waals surface area contributed by atoms with Gasteiger partial charge in [-0.2, -0.15) is 5.26 Å². The fraction of sp³-hybridized carbons (Fsp3) is 0.0682. The number of fused-ring (bicyclic) bond motifs is 7. The molecule has 8 aromatic rings. The summed E-state index contributed by atoms with van der Waals surface area (Å²) in [6.07, 6.45) is 0. The van der Waals surface area contributed by atoms with Gasteiger partial charge in [-0.3, -0.25) is 0 Å². The van der Waals surface area contributed by atoms with Gasteiger partial charge in [0.15, 0.2) is 0 Å². The Balaban J connectivity index is 1.29. The zero-order valence-corrected chi connectivity index (χ0v) is 26.7. The van der Waals surface area contributed by atoms with Crippen LogP contribution in [0, 0.1) is 11.3 Å². The lowest BCUT2D eigenvalue weighted by Gasteiger charge is -2.35. The zero-order valence-electron chi connectivity index (χ0n) is 26.7. The minimum Gasteiger partial charge on any atom is -0.457 e. The summed E-state index contributed by atoms with van der Waals surface area (Å²) in [5.74, 6) is 1.74. The normalized spacial score (nSPS) is 13.1. The molecule has 1 aromatic heterocycles. The van der Waals surface area contributed by atoms with Gasteiger partial charge in [0.2, 0.25) is 0 Å².